The first kappa shape index (κ1) is 12.5. The van der Waals surface area contributed by atoms with Crippen LogP contribution in [0.25, 0.3) is 0 Å². The molecule has 1 unspecified atom stereocenters. The quantitative estimate of drug-likeness (QED) is 0.727. The maximum absolute atomic E-state index is 12.0. The molecule has 88 valence electrons. The molecule has 0 radical (unpaired) electrons. The summed E-state index contributed by atoms with van der Waals surface area (Å²) >= 11 is 0. The molecule has 15 heavy (non-hydrogen) atoms. The van der Waals surface area contributed by atoms with Gasteiger partial charge in [-0.3, -0.25) is 4.79 Å². The summed E-state index contributed by atoms with van der Waals surface area (Å²) in [4.78, 5) is 13.9. The SMILES string of the molecule is CNCC1CN(C(=O)C(C)(C)C)CCO1. The molecular formula is C11H22N2O2. The van der Waals surface area contributed by atoms with Gasteiger partial charge in [0, 0.05) is 25.0 Å². The Balaban J connectivity index is 2.52. The van der Waals surface area contributed by atoms with Crippen molar-refractivity contribution in [2.45, 2.75) is 26.9 Å². The van der Waals surface area contributed by atoms with Crippen molar-refractivity contribution in [3.05, 3.63) is 0 Å². The van der Waals surface area contributed by atoms with Gasteiger partial charge in [0.25, 0.3) is 0 Å². The Morgan fingerprint density at radius 2 is 2.20 bits per heavy atom. The van der Waals surface area contributed by atoms with E-state index in [0.717, 1.165) is 13.1 Å². The van der Waals surface area contributed by atoms with Gasteiger partial charge in [0.15, 0.2) is 0 Å². The van der Waals surface area contributed by atoms with Gasteiger partial charge < -0.3 is 15.0 Å². The van der Waals surface area contributed by atoms with Crippen molar-refractivity contribution < 1.29 is 9.53 Å². The van der Waals surface area contributed by atoms with Crippen LogP contribution in [0.2, 0.25) is 0 Å². The van der Waals surface area contributed by atoms with Gasteiger partial charge in [-0.25, -0.2) is 0 Å². The zero-order chi connectivity index (χ0) is 11.5. The number of amides is 1. The van der Waals surface area contributed by atoms with Crippen LogP contribution in [0.5, 0.6) is 0 Å². The highest BCUT2D eigenvalue weighted by molar-refractivity contribution is 5.81. The Hall–Kier alpha value is -0.610. The van der Waals surface area contributed by atoms with Gasteiger partial charge in [-0.2, -0.15) is 0 Å². The molecule has 1 rings (SSSR count). The molecule has 4 nitrogen and oxygen atoms in total. The molecular weight excluding hydrogens is 192 g/mol. The lowest BCUT2D eigenvalue weighted by Crippen LogP contribution is -2.51. The van der Waals surface area contributed by atoms with Crippen molar-refractivity contribution in [1.82, 2.24) is 10.2 Å². The lowest BCUT2D eigenvalue weighted by atomic mass is 9.94. The van der Waals surface area contributed by atoms with Crippen molar-refractivity contribution in [3.8, 4) is 0 Å². The molecule has 1 N–H and O–H groups in total. The second-order valence-electron chi connectivity index (χ2n) is 5.05. The zero-order valence-corrected chi connectivity index (χ0v) is 10.2. The molecule has 1 heterocycles. The minimum Gasteiger partial charge on any atom is -0.373 e. The van der Waals surface area contributed by atoms with Crippen LogP contribution in [0.4, 0.5) is 0 Å². The van der Waals surface area contributed by atoms with E-state index in [1.54, 1.807) is 0 Å². The maximum Gasteiger partial charge on any atom is 0.228 e. The summed E-state index contributed by atoms with van der Waals surface area (Å²) in [6.45, 7) is 8.74. The van der Waals surface area contributed by atoms with Crippen LogP contribution in [0.15, 0.2) is 0 Å². The highest BCUT2D eigenvalue weighted by Gasteiger charge is 2.30. The minimum atomic E-state index is -0.290. The topological polar surface area (TPSA) is 41.6 Å². The first-order chi connectivity index (χ1) is 6.95. The summed E-state index contributed by atoms with van der Waals surface area (Å²) in [7, 11) is 1.90. The van der Waals surface area contributed by atoms with E-state index in [1.165, 1.54) is 0 Å². The third-order valence-corrected chi connectivity index (χ3v) is 2.50. The summed E-state index contributed by atoms with van der Waals surface area (Å²) in [5, 5.41) is 3.07. The van der Waals surface area contributed by atoms with Crippen molar-refractivity contribution in [2.75, 3.05) is 33.3 Å². The van der Waals surface area contributed by atoms with Crippen LogP contribution in [-0.2, 0) is 9.53 Å². The van der Waals surface area contributed by atoms with Crippen molar-refractivity contribution >= 4 is 5.91 Å². The number of carbonyl (C=O) groups is 1. The van der Waals surface area contributed by atoms with E-state index >= 15 is 0 Å². The summed E-state index contributed by atoms with van der Waals surface area (Å²) in [6.07, 6.45) is 0.134. The molecule has 0 aromatic rings. The number of morpholine rings is 1. The second kappa shape index (κ2) is 4.94. The first-order valence-electron chi connectivity index (χ1n) is 5.50. The van der Waals surface area contributed by atoms with Crippen LogP contribution >= 0.6 is 0 Å². The summed E-state index contributed by atoms with van der Waals surface area (Å²) < 4.78 is 5.56. The minimum absolute atomic E-state index is 0.134. The van der Waals surface area contributed by atoms with Gasteiger partial charge in [-0.1, -0.05) is 20.8 Å². The summed E-state index contributed by atoms with van der Waals surface area (Å²) in [6, 6.07) is 0. The molecule has 0 bridgehead atoms. The number of hydrogen-bond donors (Lipinski definition) is 1. The van der Waals surface area contributed by atoms with E-state index in [9.17, 15) is 4.79 Å². The number of nitrogens with one attached hydrogen (secondary N) is 1. The smallest absolute Gasteiger partial charge is 0.228 e. The summed E-state index contributed by atoms with van der Waals surface area (Å²) in [5.41, 5.74) is -0.290. The molecule has 0 spiro atoms. The average molecular weight is 214 g/mol. The molecule has 1 fully saturated rings. The first-order valence-corrected chi connectivity index (χ1v) is 5.50. The number of ether oxygens (including phenoxy) is 1. The van der Waals surface area contributed by atoms with Gasteiger partial charge in [0.05, 0.1) is 12.7 Å². The van der Waals surface area contributed by atoms with Crippen LogP contribution < -0.4 is 5.32 Å². The number of hydrogen-bond acceptors (Lipinski definition) is 3. The highest BCUT2D eigenvalue weighted by atomic mass is 16.5. The second-order valence-corrected chi connectivity index (χ2v) is 5.05. The Morgan fingerprint density at radius 3 is 2.73 bits per heavy atom. The fourth-order valence-electron chi connectivity index (χ4n) is 1.73. The van der Waals surface area contributed by atoms with Crippen LogP contribution in [0, 0.1) is 5.41 Å². The van der Waals surface area contributed by atoms with E-state index < -0.39 is 0 Å². The van der Waals surface area contributed by atoms with Crippen LogP contribution in [0.1, 0.15) is 20.8 Å². The van der Waals surface area contributed by atoms with Gasteiger partial charge in [-0.15, -0.1) is 0 Å². The molecule has 1 saturated heterocycles. The largest absolute Gasteiger partial charge is 0.373 e. The van der Waals surface area contributed by atoms with Crippen molar-refractivity contribution in [1.29, 1.82) is 0 Å². The van der Waals surface area contributed by atoms with Gasteiger partial charge in [0.1, 0.15) is 0 Å². The molecule has 1 aliphatic heterocycles. The normalized spacial score (nSPS) is 22.9. The van der Waals surface area contributed by atoms with Crippen molar-refractivity contribution in [2.24, 2.45) is 5.41 Å². The fraction of sp³-hybridized carbons (Fsp3) is 0.909. The lowest BCUT2D eigenvalue weighted by molar-refractivity contribution is -0.146. The molecule has 0 saturated carbocycles. The van der Waals surface area contributed by atoms with Gasteiger partial charge in [-0.05, 0) is 7.05 Å². The Kier molecular flexibility index (Phi) is 4.11. The molecule has 4 heteroatoms. The highest BCUT2D eigenvalue weighted by Crippen LogP contribution is 2.19. The van der Waals surface area contributed by atoms with E-state index in [2.05, 4.69) is 5.32 Å². The number of rotatable bonds is 2. The third kappa shape index (κ3) is 3.47. The van der Waals surface area contributed by atoms with Gasteiger partial charge >= 0.3 is 0 Å². The molecule has 0 aromatic heterocycles. The average Bonchev–Trinajstić information content (AvgIpc) is 2.16. The van der Waals surface area contributed by atoms with Crippen molar-refractivity contribution in [3.63, 3.8) is 0 Å². The monoisotopic (exact) mass is 214 g/mol. The Morgan fingerprint density at radius 1 is 1.53 bits per heavy atom. The fourth-order valence-corrected chi connectivity index (χ4v) is 1.73. The summed E-state index contributed by atoms with van der Waals surface area (Å²) in [5.74, 6) is 0.215. The van der Waals surface area contributed by atoms with E-state index in [0.29, 0.717) is 13.2 Å². The van der Waals surface area contributed by atoms with E-state index in [-0.39, 0.29) is 17.4 Å². The number of carbonyl (C=O) groups excluding carboxylic acids is 1. The third-order valence-electron chi connectivity index (χ3n) is 2.50. The molecule has 1 amide bonds. The zero-order valence-electron chi connectivity index (χ0n) is 10.2. The standard InChI is InChI=1S/C11H22N2O2/c1-11(2,3)10(14)13-5-6-15-9(8-13)7-12-4/h9,12H,5-8H2,1-4H3. The number of nitrogens with zero attached hydrogens (tertiary/aromatic N) is 1. The Labute approximate surface area is 92.0 Å². The van der Waals surface area contributed by atoms with Gasteiger partial charge in [0.2, 0.25) is 5.91 Å². The van der Waals surface area contributed by atoms with Crippen LogP contribution in [0.3, 0.4) is 0 Å². The molecule has 0 aromatic carbocycles. The molecule has 1 aliphatic rings. The lowest BCUT2D eigenvalue weighted by Gasteiger charge is -2.36. The Bertz CT molecular complexity index is 221. The predicted octanol–water partition coefficient (Wildman–Crippen LogP) is 0.479. The van der Waals surface area contributed by atoms with Crippen LogP contribution in [-0.4, -0.2) is 50.2 Å². The van der Waals surface area contributed by atoms with E-state index in [4.69, 9.17) is 4.74 Å². The number of likely N-dealkylation sites (N-methyl/N-ethyl adjacent to an activating group) is 1. The molecule has 1 atom stereocenters. The predicted molar refractivity (Wildman–Crippen MR) is 59.7 cm³/mol. The maximum atomic E-state index is 12.0. The van der Waals surface area contributed by atoms with E-state index in [1.807, 2.05) is 32.7 Å². The molecule has 0 aliphatic carbocycles.